The van der Waals surface area contributed by atoms with Gasteiger partial charge in [0.25, 0.3) is 0 Å². The molecule has 0 saturated heterocycles. The van der Waals surface area contributed by atoms with E-state index in [0.717, 1.165) is 19.1 Å². The largest absolute Gasteiger partial charge is 0.213 e. The number of rotatable bonds is 4. The highest BCUT2D eigenvalue weighted by Gasteiger charge is 1.96. The van der Waals surface area contributed by atoms with Crippen LogP contribution in [0.5, 0.6) is 0 Å². The van der Waals surface area contributed by atoms with Crippen molar-refractivity contribution in [3.8, 4) is 0 Å². The van der Waals surface area contributed by atoms with Crippen LogP contribution in [0.15, 0.2) is 0 Å². The molecule has 55 valence electrons. The summed E-state index contributed by atoms with van der Waals surface area (Å²) in [7, 11) is -3.00. The lowest BCUT2D eigenvalue weighted by Crippen LogP contribution is -2.18. The molecule has 0 aliphatic heterocycles. The maximum absolute atomic E-state index is 10.4. The fraction of sp³-hybridized carbons (Fsp3) is 0.800. The normalized spacial score (nSPS) is 11.8. The van der Waals surface area contributed by atoms with Crippen LogP contribution in [0.1, 0.15) is 19.8 Å². The van der Waals surface area contributed by atoms with Crippen molar-refractivity contribution >= 4 is 10.0 Å². The van der Waals surface area contributed by atoms with Crippen LogP contribution in [0.4, 0.5) is 0 Å². The molecule has 0 fully saturated rings. The van der Waals surface area contributed by atoms with Gasteiger partial charge in [-0.3, -0.25) is 0 Å². The Labute approximate surface area is 56.5 Å². The summed E-state index contributed by atoms with van der Waals surface area (Å²) in [6.45, 7) is 3.54. The van der Waals surface area contributed by atoms with E-state index < -0.39 is 10.0 Å². The third kappa shape index (κ3) is 7.91. The molecule has 0 heterocycles. The van der Waals surface area contributed by atoms with E-state index in [2.05, 4.69) is 4.72 Å². The number of hydrogen-bond acceptors (Lipinski definition) is 2. The Morgan fingerprint density at radius 1 is 1.56 bits per heavy atom. The monoisotopic (exact) mass is 150 g/mol. The first-order chi connectivity index (χ1) is 4.06. The van der Waals surface area contributed by atoms with Gasteiger partial charge < -0.3 is 0 Å². The molecule has 9 heavy (non-hydrogen) atoms. The molecule has 0 aliphatic rings. The van der Waals surface area contributed by atoms with Crippen LogP contribution in [-0.4, -0.2) is 14.7 Å². The van der Waals surface area contributed by atoms with Crippen molar-refractivity contribution in [1.82, 2.24) is 4.72 Å². The molecule has 0 aromatic rings. The first kappa shape index (κ1) is 8.91. The van der Waals surface area contributed by atoms with Crippen molar-refractivity contribution in [2.45, 2.75) is 19.8 Å². The minimum Gasteiger partial charge on any atom is -0.213 e. The predicted octanol–water partition coefficient (Wildman–Crippen LogP) is 0.497. The fourth-order valence-corrected chi connectivity index (χ4v) is 0.775. The lowest BCUT2D eigenvalue weighted by atomic mass is 10.3. The summed E-state index contributed by atoms with van der Waals surface area (Å²) in [5.41, 5.74) is 0. The van der Waals surface area contributed by atoms with E-state index in [1.807, 2.05) is 6.92 Å². The summed E-state index contributed by atoms with van der Waals surface area (Å²) in [4.78, 5) is 0. The van der Waals surface area contributed by atoms with E-state index >= 15 is 0 Å². The average Bonchev–Trinajstić information content (AvgIpc) is 1.63. The zero-order valence-corrected chi connectivity index (χ0v) is 6.53. The zero-order valence-electron chi connectivity index (χ0n) is 5.72. The summed E-state index contributed by atoms with van der Waals surface area (Å²) < 4.78 is 23.0. The zero-order chi connectivity index (χ0) is 7.33. The molecule has 1 radical (unpaired) electrons. The van der Waals surface area contributed by atoms with E-state index in [1.54, 1.807) is 6.54 Å². The Bertz CT molecular complexity index is 150. The highest BCUT2D eigenvalue weighted by molar-refractivity contribution is 7.88. The molecule has 1 N–H and O–H groups in total. The Kier molecular flexibility index (Phi) is 3.81. The average molecular weight is 150 g/mol. The van der Waals surface area contributed by atoms with E-state index in [9.17, 15) is 8.42 Å². The Morgan fingerprint density at radius 3 is 2.44 bits per heavy atom. The topological polar surface area (TPSA) is 46.2 Å². The number of unbranched alkanes of at least 4 members (excludes halogenated alkanes) is 1. The van der Waals surface area contributed by atoms with Crippen LogP contribution in [0, 0.1) is 6.54 Å². The fourth-order valence-electron chi connectivity index (χ4n) is 0.355. The molecular weight excluding hydrogens is 138 g/mol. The van der Waals surface area contributed by atoms with Gasteiger partial charge in [0.15, 0.2) is 0 Å². The molecule has 0 bridgehead atoms. The predicted molar refractivity (Wildman–Crippen MR) is 37.2 cm³/mol. The van der Waals surface area contributed by atoms with Crippen molar-refractivity contribution in [3.05, 3.63) is 6.54 Å². The van der Waals surface area contributed by atoms with Crippen LogP contribution < -0.4 is 4.72 Å². The van der Waals surface area contributed by atoms with Crippen molar-refractivity contribution in [3.63, 3.8) is 0 Å². The highest BCUT2D eigenvalue weighted by atomic mass is 32.2. The molecule has 0 rings (SSSR count). The number of hydrogen-bond donors (Lipinski definition) is 1. The van der Waals surface area contributed by atoms with Gasteiger partial charge in [0.2, 0.25) is 10.0 Å². The molecule has 0 spiro atoms. The first-order valence-electron chi connectivity index (χ1n) is 2.85. The van der Waals surface area contributed by atoms with Crippen LogP contribution >= 0.6 is 0 Å². The molecular formula is C5H12NO2S. The highest BCUT2D eigenvalue weighted by Crippen LogP contribution is 1.88. The van der Waals surface area contributed by atoms with Crippen LogP contribution in [0.2, 0.25) is 0 Å². The van der Waals surface area contributed by atoms with Gasteiger partial charge in [0.1, 0.15) is 0 Å². The van der Waals surface area contributed by atoms with Gasteiger partial charge in [-0.15, -0.1) is 0 Å². The molecule has 0 unspecified atom stereocenters. The van der Waals surface area contributed by atoms with E-state index in [4.69, 9.17) is 0 Å². The summed E-state index contributed by atoms with van der Waals surface area (Å²) >= 11 is 0. The van der Waals surface area contributed by atoms with Gasteiger partial charge in [0.05, 0.1) is 6.26 Å². The van der Waals surface area contributed by atoms with Crippen LogP contribution in [0.25, 0.3) is 0 Å². The molecule has 0 aromatic heterocycles. The van der Waals surface area contributed by atoms with E-state index in [1.165, 1.54) is 0 Å². The maximum Gasteiger partial charge on any atom is 0.209 e. The maximum atomic E-state index is 10.4. The molecule has 4 heteroatoms. The van der Waals surface area contributed by atoms with Gasteiger partial charge in [-0.05, 0) is 6.42 Å². The standard InChI is InChI=1S/C5H12NO2S/c1-3-4-5-6-9(2,7)8/h5-6H,3-4H2,1-2H3. The van der Waals surface area contributed by atoms with Gasteiger partial charge in [-0.1, -0.05) is 13.3 Å². The minimum absolute atomic E-state index is 0.785. The lowest BCUT2D eigenvalue weighted by Gasteiger charge is -1.96. The van der Waals surface area contributed by atoms with Crippen LogP contribution in [-0.2, 0) is 10.0 Å². The SMILES string of the molecule is CCC[CH]NS(C)(=O)=O. The van der Waals surface area contributed by atoms with Gasteiger partial charge in [0, 0.05) is 6.54 Å². The molecule has 3 nitrogen and oxygen atoms in total. The van der Waals surface area contributed by atoms with Crippen molar-refractivity contribution in [2.24, 2.45) is 0 Å². The summed E-state index contributed by atoms with van der Waals surface area (Å²) in [6.07, 6.45) is 2.88. The smallest absolute Gasteiger partial charge is 0.209 e. The van der Waals surface area contributed by atoms with Crippen molar-refractivity contribution in [1.29, 1.82) is 0 Å². The minimum atomic E-state index is -3.00. The molecule has 0 aliphatic carbocycles. The molecule has 0 atom stereocenters. The quantitative estimate of drug-likeness (QED) is 0.593. The first-order valence-corrected chi connectivity index (χ1v) is 4.74. The van der Waals surface area contributed by atoms with Crippen molar-refractivity contribution in [2.75, 3.05) is 6.26 Å². The molecule has 0 amide bonds. The molecule has 0 saturated carbocycles. The van der Waals surface area contributed by atoms with E-state index in [-0.39, 0.29) is 0 Å². The number of sulfonamides is 1. The summed E-state index contributed by atoms with van der Waals surface area (Å²) in [5, 5.41) is 0. The van der Waals surface area contributed by atoms with E-state index in [0.29, 0.717) is 0 Å². The number of nitrogens with one attached hydrogen (secondary N) is 1. The van der Waals surface area contributed by atoms with Gasteiger partial charge >= 0.3 is 0 Å². The lowest BCUT2D eigenvalue weighted by molar-refractivity contribution is 0.592. The third-order valence-corrected chi connectivity index (χ3v) is 1.33. The van der Waals surface area contributed by atoms with Crippen molar-refractivity contribution < 1.29 is 8.42 Å². The summed E-state index contributed by atoms with van der Waals surface area (Å²) in [6, 6.07) is 0. The third-order valence-electron chi connectivity index (χ3n) is 0.730. The Balaban J connectivity index is 3.30. The Morgan fingerprint density at radius 2 is 2.11 bits per heavy atom. The second-order valence-corrected chi connectivity index (χ2v) is 3.66. The Hall–Kier alpha value is -0.0900. The van der Waals surface area contributed by atoms with Gasteiger partial charge in [-0.25, -0.2) is 13.1 Å². The molecule has 0 aromatic carbocycles. The second kappa shape index (κ2) is 3.85. The second-order valence-electron chi connectivity index (χ2n) is 1.88. The van der Waals surface area contributed by atoms with Crippen LogP contribution in [0.3, 0.4) is 0 Å². The summed E-state index contributed by atoms with van der Waals surface area (Å²) in [5.74, 6) is 0. The van der Waals surface area contributed by atoms with Gasteiger partial charge in [-0.2, -0.15) is 0 Å².